The minimum absolute atomic E-state index is 0.607. The second-order valence-corrected chi connectivity index (χ2v) is 6.16. The van der Waals surface area contributed by atoms with E-state index in [0.29, 0.717) is 6.04 Å². The number of thiocarbonyl (C=S) groups is 1. The number of fused-ring (bicyclic) bond motifs is 1. The van der Waals surface area contributed by atoms with Crippen LogP contribution in [0.4, 0.5) is 0 Å². The molecule has 5 heteroatoms. The number of rotatable bonds is 3. The van der Waals surface area contributed by atoms with Crippen molar-refractivity contribution in [3.63, 3.8) is 0 Å². The van der Waals surface area contributed by atoms with Crippen molar-refractivity contribution in [1.82, 2.24) is 15.2 Å². The normalized spacial score (nSPS) is 14.7. The van der Waals surface area contributed by atoms with E-state index in [1.54, 1.807) is 11.3 Å². The molecule has 2 aromatic rings. The van der Waals surface area contributed by atoms with Crippen molar-refractivity contribution in [2.24, 2.45) is 0 Å². The maximum atomic E-state index is 5.36. The van der Waals surface area contributed by atoms with Crippen molar-refractivity contribution in [3.05, 3.63) is 29.3 Å². The average molecular weight is 277 g/mol. The maximum Gasteiger partial charge on any atom is 0.169 e. The van der Waals surface area contributed by atoms with Gasteiger partial charge in [-0.1, -0.05) is 12.1 Å². The Labute approximate surface area is 116 Å². The van der Waals surface area contributed by atoms with Crippen LogP contribution in [-0.2, 0) is 6.54 Å². The van der Waals surface area contributed by atoms with Crippen LogP contribution in [-0.4, -0.2) is 28.1 Å². The Bertz CT molecular complexity index is 541. The SMILES string of the molecule is CN(Cc1nc2ccccc2s1)C(=S)NC1CC1. The highest BCUT2D eigenvalue weighted by atomic mass is 32.1. The summed E-state index contributed by atoms with van der Waals surface area (Å²) in [6.45, 7) is 0.776. The smallest absolute Gasteiger partial charge is 0.169 e. The number of nitrogens with zero attached hydrogens (tertiary/aromatic N) is 2. The molecular weight excluding hydrogens is 262 g/mol. The molecular formula is C13H15N3S2. The van der Waals surface area contributed by atoms with E-state index in [4.69, 9.17) is 12.2 Å². The molecule has 1 aromatic heterocycles. The summed E-state index contributed by atoms with van der Waals surface area (Å²) in [5.41, 5.74) is 1.08. The topological polar surface area (TPSA) is 28.2 Å². The third kappa shape index (κ3) is 2.62. The summed E-state index contributed by atoms with van der Waals surface area (Å²) < 4.78 is 1.24. The Morgan fingerprint density at radius 3 is 3.00 bits per heavy atom. The molecule has 0 amide bonds. The molecule has 3 nitrogen and oxygen atoms in total. The molecule has 3 rings (SSSR count). The Morgan fingerprint density at radius 1 is 1.50 bits per heavy atom. The molecule has 1 fully saturated rings. The molecule has 0 atom stereocenters. The maximum absolute atomic E-state index is 5.36. The molecule has 0 saturated heterocycles. The highest BCUT2D eigenvalue weighted by Gasteiger charge is 2.23. The first-order valence-corrected chi connectivity index (χ1v) is 7.31. The first-order valence-electron chi connectivity index (χ1n) is 6.08. The average Bonchev–Trinajstić information content (AvgIpc) is 3.07. The number of nitrogens with one attached hydrogen (secondary N) is 1. The molecule has 1 aromatic carbocycles. The van der Waals surface area contributed by atoms with Crippen LogP contribution < -0.4 is 5.32 Å². The van der Waals surface area contributed by atoms with Crippen molar-refractivity contribution >= 4 is 38.9 Å². The summed E-state index contributed by atoms with van der Waals surface area (Å²) in [5, 5.41) is 5.28. The second-order valence-electron chi connectivity index (χ2n) is 4.66. The van der Waals surface area contributed by atoms with E-state index in [9.17, 15) is 0 Å². The molecule has 18 heavy (non-hydrogen) atoms. The predicted octanol–water partition coefficient (Wildman–Crippen LogP) is 2.77. The number of aromatic nitrogens is 1. The van der Waals surface area contributed by atoms with Gasteiger partial charge in [0.15, 0.2) is 5.11 Å². The van der Waals surface area contributed by atoms with Crippen LogP contribution >= 0.6 is 23.6 Å². The molecule has 94 valence electrons. The van der Waals surface area contributed by atoms with Gasteiger partial charge in [0.25, 0.3) is 0 Å². The van der Waals surface area contributed by atoms with Crippen LogP contribution in [0.3, 0.4) is 0 Å². The fourth-order valence-corrected chi connectivity index (χ4v) is 3.03. The lowest BCUT2D eigenvalue weighted by atomic mass is 10.3. The number of hydrogen-bond donors (Lipinski definition) is 1. The molecule has 0 radical (unpaired) electrons. The van der Waals surface area contributed by atoms with E-state index in [-0.39, 0.29) is 0 Å². The van der Waals surface area contributed by atoms with Crippen LogP contribution in [0, 0.1) is 0 Å². The van der Waals surface area contributed by atoms with E-state index < -0.39 is 0 Å². The minimum Gasteiger partial charge on any atom is -0.360 e. The largest absolute Gasteiger partial charge is 0.360 e. The minimum atomic E-state index is 0.607. The van der Waals surface area contributed by atoms with E-state index in [1.165, 1.54) is 17.5 Å². The highest BCUT2D eigenvalue weighted by molar-refractivity contribution is 7.80. The van der Waals surface area contributed by atoms with Crippen LogP contribution in [0.25, 0.3) is 10.2 Å². The number of para-hydroxylation sites is 1. The summed E-state index contributed by atoms with van der Waals surface area (Å²) in [4.78, 5) is 6.68. The quantitative estimate of drug-likeness (QED) is 0.873. The van der Waals surface area contributed by atoms with E-state index in [2.05, 4.69) is 27.3 Å². The monoisotopic (exact) mass is 277 g/mol. The third-order valence-corrected chi connectivity index (χ3v) is 4.41. The molecule has 1 saturated carbocycles. The van der Waals surface area contributed by atoms with Gasteiger partial charge in [0, 0.05) is 13.1 Å². The van der Waals surface area contributed by atoms with Gasteiger partial charge in [0.2, 0.25) is 0 Å². The van der Waals surface area contributed by atoms with Gasteiger partial charge >= 0.3 is 0 Å². The number of hydrogen-bond acceptors (Lipinski definition) is 3. The Hall–Kier alpha value is -1.20. The number of thiazole rings is 1. The van der Waals surface area contributed by atoms with Gasteiger partial charge in [-0.25, -0.2) is 4.98 Å². The molecule has 1 N–H and O–H groups in total. The number of benzene rings is 1. The predicted molar refractivity (Wildman–Crippen MR) is 79.8 cm³/mol. The Morgan fingerprint density at radius 2 is 2.28 bits per heavy atom. The second kappa shape index (κ2) is 4.82. The third-order valence-electron chi connectivity index (χ3n) is 2.96. The van der Waals surface area contributed by atoms with Crippen molar-refractivity contribution in [1.29, 1.82) is 0 Å². The van der Waals surface area contributed by atoms with Gasteiger partial charge < -0.3 is 10.2 Å². The first-order chi connectivity index (χ1) is 8.72. The first kappa shape index (κ1) is 11.9. The fraction of sp³-hybridized carbons (Fsp3) is 0.385. The zero-order chi connectivity index (χ0) is 12.5. The highest BCUT2D eigenvalue weighted by Crippen LogP contribution is 2.23. The lowest BCUT2D eigenvalue weighted by molar-refractivity contribution is 0.487. The van der Waals surface area contributed by atoms with E-state index >= 15 is 0 Å². The van der Waals surface area contributed by atoms with Crippen molar-refractivity contribution in [2.45, 2.75) is 25.4 Å². The van der Waals surface area contributed by atoms with Crippen molar-refractivity contribution < 1.29 is 0 Å². The van der Waals surface area contributed by atoms with Crippen LogP contribution in [0.1, 0.15) is 17.8 Å². The summed E-state index contributed by atoms with van der Waals surface area (Å²) in [7, 11) is 2.02. The zero-order valence-corrected chi connectivity index (χ0v) is 11.9. The lowest BCUT2D eigenvalue weighted by Gasteiger charge is -2.19. The molecule has 0 unspecified atom stereocenters. The molecule has 0 spiro atoms. The Kier molecular flexibility index (Phi) is 3.18. The van der Waals surface area contributed by atoms with Gasteiger partial charge in [-0.05, 0) is 37.2 Å². The van der Waals surface area contributed by atoms with Crippen LogP contribution in [0.2, 0.25) is 0 Å². The molecule has 1 aliphatic rings. The van der Waals surface area contributed by atoms with Crippen molar-refractivity contribution in [3.8, 4) is 0 Å². The van der Waals surface area contributed by atoms with E-state index in [0.717, 1.165) is 22.2 Å². The summed E-state index contributed by atoms with van der Waals surface area (Å²) in [6, 6.07) is 8.84. The molecule has 0 bridgehead atoms. The molecule has 0 aliphatic heterocycles. The van der Waals surface area contributed by atoms with Gasteiger partial charge in [0.05, 0.1) is 16.8 Å². The summed E-state index contributed by atoms with van der Waals surface area (Å²) >= 11 is 7.10. The van der Waals surface area contributed by atoms with Gasteiger partial charge in [0.1, 0.15) is 5.01 Å². The fourth-order valence-electron chi connectivity index (χ4n) is 1.77. The molecule has 1 heterocycles. The summed E-state index contributed by atoms with van der Waals surface area (Å²) in [6.07, 6.45) is 2.49. The van der Waals surface area contributed by atoms with Crippen LogP contribution in [0.5, 0.6) is 0 Å². The van der Waals surface area contributed by atoms with E-state index in [1.807, 2.05) is 19.2 Å². The van der Waals surface area contributed by atoms with Crippen LogP contribution in [0.15, 0.2) is 24.3 Å². The van der Waals surface area contributed by atoms with Gasteiger partial charge in [-0.2, -0.15) is 0 Å². The zero-order valence-electron chi connectivity index (χ0n) is 10.2. The summed E-state index contributed by atoms with van der Waals surface area (Å²) in [5.74, 6) is 0. The Balaban J connectivity index is 1.68. The molecule has 1 aliphatic carbocycles. The van der Waals surface area contributed by atoms with Gasteiger partial charge in [-0.3, -0.25) is 0 Å². The standard InChI is InChI=1S/C13H15N3S2/c1-16(13(17)14-9-6-7-9)8-12-15-10-4-2-3-5-11(10)18-12/h2-5,9H,6-8H2,1H3,(H,14,17). The lowest BCUT2D eigenvalue weighted by Crippen LogP contribution is -2.37. The van der Waals surface area contributed by atoms with Crippen molar-refractivity contribution in [2.75, 3.05) is 7.05 Å². The van der Waals surface area contributed by atoms with Gasteiger partial charge in [-0.15, -0.1) is 11.3 Å².